The second-order valence-electron chi connectivity index (χ2n) is 4.92. The maximum absolute atomic E-state index is 4.65. The Morgan fingerprint density at radius 2 is 2.05 bits per heavy atom. The van der Waals surface area contributed by atoms with Gasteiger partial charge in [-0.3, -0.25) is 9.36 Å². The molecule has 0 atom stereocenters. The molecule has 0 aliphatic rings. The summed E-state index contributed by atoms with van der Waals surface area (Å²) in [5.41, 5.74) is 5.05. The van der Waals surface area contributed by atoms with E-state index in [-0.39, 0.29) is 0 Å². The van der Waals surface area contributed by atoms with Gasteiger partial charge in [-0.05, 0) is 45.5 Å². The normalized spacial score (nSPS) is 11.2. The number of aryl methyl sites for hydroxylation is 4. The van der Waals surface area contributed by atoms with E-state index in [1.165, 1.54) is 17.0 Å². The van der Waals surface area contributed by atoms with E-state index in [4.69, 9.17) is 0 Å². The largest absolute Gasteiger partial charge is 0.319 e. The van der Waals surface area contributed by atoms with Crippen molar-refractivity contribution in [2.24, 2.45) is 7.05 Å². The summed E-state index contributed by atoms with van der Waals surface area (Å²) >= 11 is 0. The van der Waals surface area contributed by atoms with Gasteiger partial charge in [-0.25, -0.2) is 0 Å². The van der Waals surface area contributed by atoms with E-state index in [1.807, 2.05) is 25.0 Å². The summed E-state index contributed by atoms with van der Waals surface area (Å²) in [5.74, 6) is 0. The first-order chi connectivity index (χ1) is 9.13. The Morgan fingerprint density at radius 1 is 1.26 bits per heavy atom. The van der Waals surface area contributed by atoms with Crippen molar-refractivity contribution in [1.29, 1.82) is 0 Å². The Bertz CT molecular complexity index is 538. The van der Waals surface area contributed by atoms with E-state index in [9.17, 15) is 0 Å². The van der Waals surface area contributed by atoms with Crippen molar-refractivity contribution in [3.8, 4) is 0 Å². The third-order valence-electron chi connectivity index (χ3n) is 3.66. The lowest BCUT2D eigenvalue weighted by molar-refractivity contribution is 0.570. The fourth-order valence-electron chi connectivity index (χ4n) is 2.43. The Morgan fingerprint density at radius 3 is 2.68 bits per heavy atom. The van der Waals surface area contributed by atoms with Crippen molar-refractivity contribution in [1.82, 2.24) is 24.9 Å². The molecule has 0 saturated heterocycles. The summed E-state index contributed by atoms with van der Waals surface area (Å²) in [7, 11) is 3.96. The second kappa shape index (κ2) is 6.02. The zero-order valence-corrected chi connectivity index (χ0v) is 12.3. The third-order valence-corrected chi connectivity index (χ3v) is 3.66. The first-order valence-electron chi connectivity index (χ1n) is 6.78. The van der Waals surface area contributed by atoms with Crippen molar-refractivity contribution in [3.05, 3.63) is 34.9 Å². The number of rotatable bonds is 6. The predicted molar refractivity (Wildman–Crippen MR) is 76.2 cm³/mol. The molecular weight excluding hydrogens is 238 g/mol. The molecule has 0 saturated carbocycles. The number of nitrogens with one attached hydrogen (secondary N) is 1. The summed E-state index contributed by atoms with van der Waals surface area (Å²) in [6.45, 7) is 6.16. The molecule has 0 aliphatic heterocycles. The maximum Gasteiger partial charge on any atom is 0.0628 e. The number of hydrogen-bond donors (Lipinski definition) is 1. The first-order valence-corrected chi connectivity index (χ1v) is 6.78. The van der Waals surface area contributed by atoms with Crippen molar-refractivity contribution in [2.75, 3.05) is 13.6 Å². The zero-order valence-electron chi connectivity index (χ0n) is 12.3. The van der Waals surface area contributed by atoms with Crippen LogP contribution in [0.25, 0.3) is 0 Å². The van der Waals surface area contributed by atoms with E-state index in [0.717, 1.165) is 31.6 Å². The molecule has 0 spiro atoms. The zero-order chi connectivity index (χ0) is 13.8. The molecule has 19 heavy (non-hydrogen) atoms. The average molecular weight is 261 g/mol. The van der Waals surface area contributed by atoms with E-state index < -0.39 is 0 Å². The fourth-order valence-corrected chi connectivity index (χ4v) is 2.43. The Balaban J connectivity index is 2.07. The molecule has 0 amide bonds. The SMILES string of the molecule is CNCCc1c(C)nn(CCc2ccnn2C)c1C. The molecule has 0 radical (unpaired) electrons. The lowest BCUT2D eigenvalue weighted by atomic mass is 10.1. The maximum atomic E-state index is 4.65. The highest BCUT2D eigenvalue weighted by atomic mass is 15.3. The van der Waals surface area contributed by atoms with Gasteiger partial charge in [-0.1, -0.05) is 0 Å². The van der Waals surface area contributed by atoms with Crippen LogP contribution in [-0.2, 0) is 26.4 Å². The van der Waals surface area contributed by atoms with Crippen molar-refractivity contribution < 1.29 is 0 Å². The Hall–Kier alpha value is -1.62. The smallest absolute Gasteiger partial charge is 0.0628 e. The first kappa shape index (κ1) is 13.8. The van der Waals surface area contributed by atoms with Crippen LogP contribution in [0.15, 0.2) is 12.3 Å². The van der Waals surface area contributed by atoms with E-state index in [2.05, 4.69) is 40.1 Å². The van der Waals surface area contributed by atoms with Gasteiger partial charge in [0.05, 0.1) is 5.69 Å². The predicted octanol–water partition coefficient (Wildman–Crippen LogP) is 1.24. The molecule has 5 nitrogen and oxygen atoms in total. The van der Waals surface area contributed by atoms with Gasteiger partial charge in [0.15, 0.2) is 0 Å². The molecule has 0 bridgehead atoms. The second-order valence-corrected chi connectivity index (χ2v) is 4.92. The summed E-state index contributed by atoms with van der Waals surface area (Å²) in [6.07, 6.45) is 3.85. The van der Waals surface area contributed by atoms with E-state index >= 15 is 0 Å². The number of hydrogen-bond acceptors (Lipinski definition) is 3. The summed E-state index contributed by atoms with van der Waals surface area (Å²) < 4.78 is 4.04. The number of likely N-dealkylation sites (N-methyl/N-ethyl adjacent to an activating group) is 1. The molecule has 104 valence electrons. The van der Waals surface area contributed by atoms with Gasteiger partial charge in [0, 0.05) is 37.6 Å². The summed E-state index contributed by atoms with van der Waals surface area (Å²) in [4.78, 5) is 0. The minimum absolute atomic E-state index is 0.908. The van der Waals surface area contributed by atoms with Crippen LogP contribution in [0.5, 0.6) is 0 Å². The molecule has 2 rings (SSSR count). The van der Waals surface area contributed by atoms with Crippen LogP contribution in [0.4, 0.5) is 0 Å². The van der Waals surface area contributed by atoms with E-state index in [1.54, 1.807) is 0 Å². The molecule has 0 fully saturated rings. The molecule has 0 aromatic carbocycles. The van der Waals surface area contributed by atoms with Crippen LogP contribution < -0.4 is 5.32 Å². The highest BCUT2D eigenvalue weighted by molar-refractivity contribution is 5.25. The van der Waals surface area contributed by atoms with Crippen molar-refractivity contribution in [3.63, 3.8) is 0 Å². The van der Waals surface area contributed by atoms with Gasteiger partial charge in [0.1, 0.15) is 0 Å². The molecule has 2 aromatic rings. The van der Waals surface area contributed by atoms with Gasteiger partial charge in [-0.15, -0.1) is 0 Å². The van der Waals surface area contributed by atoms with Gasteiger partial charge >= 0.3 is 0 Å². The average Bonchev–Trinajstić information content (AvgIpc) is 2.90. The van der Waals surface area contributed by atoms with Crippen LogP contribution in [0.2, 0.25) is 0 Å². The molecule has 0 aliphatic carbocycles. The van der Waals surface area contributed by atoms with Gasteiger partial charge in [-0.2, -0.15) is 10.2 Å². The monoisotopic (exact) mass is 261 g/mol. The minimum atomic E-state index is 0.908. The number of nitrogens with zero attached hydrogens (tertiary/aromatic N) is 4. The van der Waals surface area contributed by atoms with Crippen LogP contribution in [-0.4, -0.2) is 33.2 Å². The van der Waals surface area contributed by atoms with E-state index in [0.29, 0.717) is 0 Å². The molecule has 2 heterocycles. The van der Waals surface area contributed by atoms with Gasteiger partial charge in [0.25, 0.3) is 0 Å². The topological polar surface area (TPSA) is 47.7 Å². The van der Waals surface area contributed by atoms with Crippen molar-refractivity contribution in [2.45, 2.75) is 33.2 Å². The summed E-state index contributed by atoms with van der Waals surface area (Å²) in [6, 6.07) is 2.06. The Labute approximate surface area is 114 Å². The minimum Gasteiger partial charge on any atom is -0.319 e. The van der Waals surface area contributed by atoms with Crippen LogP contribution in [0.3, 0.4) is 0 Å². The molecule has 5 heteroatoms. The fraction of sp³-hybridized carbons (Fsp3) is 0.571. The quantitative estimate of drug-likeness (QED) is 0.851. The molecule has 1 N–H and O–H groups in total. The summed E-state index contributed by atoms with van der Waals surface area (Å²) in [5, 5.41) is 12.0. The van der Waals surface area contributed by atoms with Crippen molar-refractivity contribution >= 4 is 0 Å². The Kier molecular flexibility index (Phi) is 4.37. The lowest BCUT2D eigenvalue weighted by Gasteiger charge is -2.06. The molecular formula is C14H23N5. The van der Waals surface area contributed by atoms with Crippen LogP contribution >= 0.6 is 0 Å². The van der Waals surface area contributed by atoms with Gasteiger partial charge in [0.2, 0.25) is 0 Å². The van der Waals surface area contributed by atoms with Crippen LogP contribution in [0, 0.1) is 13.8 Å². The molecule has 0 unspecified atom stereocenters. The highest BCUT2D eigenvalue weighted by Crippen LogP contribution is 2.14. The standard InChI is InChI=1S/C14H23N5/c1-11-14(6-8-15-3)12(2)19(17-11)10-7-13-5-9-16-18(13)4/h5,9,15H,6-8,10H2,1-4H3. The number of aromatic nitrogens is 4. The van der Waals surface area contributed by atoms with Gasteiger partial charge < -0.3 is 5.32 Å². The highest BCUT2D eigenvalue weighted by Gasteiger charge is 2.11. The molecule has 2 aromatic heterocycles. The third kappa shape index (κ3) is 3.04. The lowest BCUT2D eigenvalue weighted by Crippen LogP contribution is -2.12. The van der Waals surface area contributed by atoms with Crippen LogP contribution in [0.1, 0.15) is 22.6 Å².